The van der Waals surface area contributed by atoms with Gasteiger partial charge >= 0.3 is 0 Å². The van der Waals surface area contributed by atoms with Crippen molar-refractivity contribution in [3.63, 3.8) is 0 Å². The summed E-state index contributed by atoms with van der Waals surface area (Å²) in [5.74, 6) is 0.590. The number of methoxy groups -OCH3 is 1. The maximum absolute atomic E-state index is 10.0. The first-order valence-corrected chi connectivity index (χ1v) is 7.46. The van der Waals surface area contributed by atoms with Crippen molar-refractivity contribution >= 4 is 0 Å². The van der Waals surface area contributed by atoms with Gasteiger partial charge in [-0.25, -0.2) is 4.98 Å². The Bertz CT molecular complexity index is 324. The van der Waals surface area contributed by atoms with Gasteiger partial charge in [0.25, 0.3) is 0 Å². The molecule has 3 heteroatoms. The number of nitrogens with zero attached hydrogens (tertiary/aromatic N) is 1. The molecule has 19 heavy (non-hydrogen) atoms. The largest absolute Gasteiger partial charge is 0.481 e. The minimum absolute atomic E-state index is 0.394. The fourth-order valence-corrected chi connectivity index (χ4v) is 2.17. The molecule has 0 aromatic carbocycles. The molecule has 0 saturated carbocycles. The molecule has 108 valence electrons. The molecule has 1 aromatic rings. The van der Waals surface area contributed by atoms with E-state index in [0.717, 1.165) is 18.4 Å². The third-order valence-corrected chi connectivity index (χ3v) is 3.43. The number of pyridine rings is 1. The van der Waals surface area contributed by atoms with Crippen molar-refractivity contribution in [2.24, 2.45) is 0 Å². The van der Waals surface area contributed by atoms with E-state index in [2.05, 4.69) is 11.9 Å². The molecule has 0 spiro atoms. The van der Waals surface area contributed by atoms with E-state index in [1.165, 1.54) is 38.5 Å². The third-order valence-electron chi connectivity index (χ3n) is 3.43. The predicted molar refractivity (Wildman–Crippen MR) is 78.4 cm³/mol. The molecule has 0 aliphatic heterocycles. The highest BCUT2D eigenvalue weighted by molar-refractivity contribution is 5.19. The summed E-state index contributed by atoms with van der Waals surface area (Å²) in [5.41, 5.74) is 0.881. The number of aromatic nitrogens is 1. The van der Waals surface area contributed by atoms with Crippen LogP contribution in [-0.2, 0) is 0 Å². The van der Waals surface area contributed by atoms with E-state index in [9.17, 15) is 5.11 Å². The van der Waals surface area contributed by atoms with Gasteiger partial charge in [0, 0.05) is 12.3 Å². The molecule has 0 fully saturated rings. The molecule has 0 aliphatic carbocycles. The summed E-state index contributed by atoms with van der Waals surface area (Å²) in [5, 5.41) is 10.0. The maximum atomic E-state index is 10.0. The van der Waals surface area contributed by atoms with E-state index in [1.54, 1.807) is 19.4 Å². The third kappa shape index (κ3) is 6.58. The second-order valence-corrected chi connectivity index (χ2v) is 5.06. The molecule has 0 aliphatic rings. The smallest absolute Gasteiger partial charge is 0.212 e. The number of rotatable bonds is 10. The molecule has 0 saturated heterocycles. The minimum Gasteiger partial charge on any atom is -0.481 e. The molecule has 0 radical (unpaired) electrons. The lowest BCUT2D eigenvalue weighted by Gasteiger charge is -2.10. The Kier molecular flexibility index (Phi) is 8.23. The molecular formula is C16H27NO2. The second kappa shape index (κ2) is 9.79. The Labute approximate surface area is 117 Å². The number of unbranched alkanes of at least 4 members (excludes halogenated alkanes) is 6. The summed E-state index contributed by atoms with van der Waals surface area (Å²) >= 11 is 0. The summed E-state index contributed by atoms with van der Waals surface area (Å²) in [7, 11) is 1.59. The first-order chi connectivity index (χ1) is 9.27. The summed E-state index contributed by atoms with van der Waals surface area (Å²) in [6, 6.07) is 3.68. The van der Waals surface area contributed by atoms with Crippen LogP contribution in [-0.4, -0.2) is 17.2 Å². The van der Waals surface area contributed by atoms with Gasteiger partial charge in [0.15, 0.2) is 0 Å². The van der Waals surface area contributed by atoms with E-state index in [-0.39, 0.29) is 0 Å². The first-order valence-electron chi connectivity index (χ1n) is 7.46. The molecular weight excluding hydrogens is 238 g/mol. The van der Waals surface area contributed by atoms with Gasteiger partial charge in [-0.3, -0.25) is 0 Å². The van der Waals surface area contributed by atoms with Crippen LogP contribution in [0.1, 0.15) is 70.0 Å². The number of hydrogen-bond acceptors (Lipinski definition) is 3. The van der Waals surface area contributed by atoms with Crippen LogP contribution in [0.3, 0.4) is 0 Å². The van der Waals surface area contributed by atoms with Crippen molar-refractivity contribution in [3.05, 3.63) is 23.9 Å². The summed E-state index contributed by atoms with van der Waals surface area (Å²) in [4.78, 5) is 4.11. The van der Waals surface area contributed by atoms with E-state index in [4.69, 9.17) is 4.74 Å². The Balaban J connectivity index is 2.14. The van der Waals surface area contributed by atoms with Gasteiger partial charge in [0.1, 0.15) is 0 Å². The topological polar surface area (TPSA) is 42.4 Å². The summed E-state index contributed by atoms with van der Waals surface area (Å²) in [6.07, 6.45) is 11.0. The highest BCUT2D eigenvalue weighted by Gasteiger charge is 2.07. The summed E-state index contributed by atoms with van der Waals surface area (Å²) in [6.45, 7) is 2.24. The fraction of sp³-hybridized carbons (Fsp3) is 0.688. The number of aliphatic hydroxyl groups is 1. The van der Waals surface area contributed by atoms with Gasteiger partial charge in [-0.15, -0.1) is 0 Å². The Morgan fingerprint density at radius 3 is 2.37 bits per heavy atom. The van der Waals surface area contributed by atoms with Crippen LogP contribution in [0, 0.1) is 0 Å². The molecule has 0 bridgehead atoms. The number of hydrogen-bond donors (Lipinski definition) is 1. The van der Waals surface area contributed by atoms with E-state index in [1.807, 2.05) is 6.07 Å². The van der Waals surface area contributed by atoms with Crippen LogP contribution in [0.25, 0.3) is 0 Å². The highest BCUT2D eigenvalue weighted by atomic mass is 16.5. The lowest BCUT2D eigenvalue weighted by Crippen LogP contribution is -1.99. The van der Waals surface area contributed by atoms with Gasteiger partial charge in [-0.1, -0.05) is 51.9 Å². The molecule has 1 unspecified atom stereocenters. The molecule has 3 nitrogen and oxygen atoms in total. The van der Waals surface area contributed by atoms with Gasteiger partial charge < -0.3 is 9.84 Å². The van der Waals surface area contributed by atoms with Crippen molar-refractivity contribution < 1.29 is 9.84 Å². The Morgan fingerprint density at radius 2 is 1.79 bits per heavy atom. The predicted octanol–water partition coefficient (Wildman–Crippen LogP) is 4.26. The second-order valence-electron chi connectivity index (χ2n) is 5.06. The highest BCUT2D eigenvalue weighted by Crippen LogP contribution is 2.21. The van der Waals surface area contributed by atoms with E-state index < -0.39 is 6.10 Å². The van der Waals surface area contributed by atoms with Crippen LogP contribution in [0.4, 0.5) is 0 Å². The Morgan fingerprint density at radius 1 is 1.11 bits per heavy atom. The lowest BCUT2D eigenvalue weighted by atomic mass is 10.0. The molecule has 1 atom stereocenters. The quantitative estimate of drug-likeness (QED) is 0.643. The molecule has 1 rings (SSSR count). The summed E-state index contributed by atoms with van der Waals surface area (Å²) < 4.78 is 5.00. The van der Waals surface area contributed by atoms with Crippen LogP contribution in [0.15, 0.2) is 18.3 Å². The zero-order chi connectivity index (χ0) is 13.9. The standard InChI is InChI=1S/C16H27NO2/c1-3-4-5-6-7-8-9-10-15(18)14-11-12-16(19-2)17-13-14/h11-13,15,18H,3-10H2,1-2H3. The lowest BCUT2D eigenvalue weighted by molar-refractivity contribution is 0.162. The maximum Gasteiger partial charge on any atom is 0.212 e. The van der Waals surface area contributed by atoms with Crippen LogP contribution in [0.5, 0.6) is 5.88 Å². The van der Waals surface area contributed by atoms with Gasteiger partial charge in [-0.05, 0) is 18.1 Å². The van der Waals surface area contributed by atoms with E-state index in [0.29, 0.717) is 5.88 Å². The first kappa shape index (κ1) is 16.0. The normalized spacial score (nSPS) is 12.4. The molecule has 0 amide bonds. The zero-order valence-electron chi connectivity index (χ0n) is 12.3. The molecule has 1 N–H and O–H groups in total. The zero-order valence-corrected chi connectivity index (χ0v) is 12.3. The molecule has 1 aromatic heterocycles. The average molecular weight is 265 g/mol. The SMILES string of the molecule is CCCCCCCCCC(O)c1ccc(OC)nc1. The van der Waals surface area contributed by atoms with Crippen molar-refractivity contribution in [3.8, 4) is 5.88 Å². The van der Waals surface area contributed by atoms with Crippen molar-refractivity contribution in [2.45, 2.75) is 64.4 Å². The van der Waals surface area contributed by atoms with E-state index >= 15 is 0 Å². The molecule has 1 heterocycles. The van der Waals surface area contributed by atoms with Gasteiger partial charge in [-0.2, -0.15) is 0 Å². The van der Waals surface area contributed by atoms with Crippen LogP contribution in [0.2, 0.25) is 0 Å². The number of ether oxygens (including phenoxy) is 1. The van der Waals surface area contributed by atoms with Gasteiger partial charge in [0.2, 0.25) is 5.88 Å². The van der Waals surface area contributed by atoms with Crippen molar-refractivity contribution in [1.82, 2.24) is 4.98 Å². The monoisotopic (exact) mass is 265 g/mol. The Hall–Kier alpha value is -1.09. The average Bonchev–Trinajstić information content (AvgIpc) is 2.46. The minimum atomic E-state index is -0.394. The van der Waals surface area contributed by atoms with Crippen LogP contribution < -0.4 is 4.74 Å². The number of aliphatic hydroxyl groups excluding tert-OH is 1. The fourth-order valence-electron chi connectivity index (χ4n) is 2.17. The van der Waals surface area contributed by atoms with Crippen LogP contribution >= 0.6 is 0 Å². The van der Waals surface area contributed by atoms with Crippen molar-refractivity contribution in [2.75, 3.05) is 7.11 Å². The van der Waals surface area contributed by atoms with Crippen molar-refractivity contribution in [1.29, 1.82) is 0 Å². The van der Waals surface area contributed by atoms with Gasteiger partial charge in [0.05, 0.1) is 13.2 Å².